The highest BCUT2D eigenvalue weighted by molar-refractivity contribution is 5.81. The number of carbonyl (C=O) groups is 1. The zero-order valence-electron chi connectivity index (χ0n) is 12.7. The van der Waals surface area contributed by atoms with Gasteiger partial charge in [-0.25, -0.2) is 4.98 Å². The first-order chi connectivity index (χ1) is 10.7. The van der Waals surface area contributed by atoms with Crippen molar-refractivity contribution in [2.45, 2.75) is 25.4 Å². The molecule has 0 bridgehead atoms. The van der Waals surface area contributed by atoms with E-state index in [1.165, 1.54) is 0 Å². The number of rotatable bonds is 5. The summed E-state index contributed by atoms with van der Waals surface area (Å²) in [6.45, 7) is 1.89. The Balaban J connectivity index is 1.61. The molecular formula is C15H20N6O. The van der Waals surface area contributed by atoms with Gasteiger partial charge >= 0.3 is 0 Å². The highest BCUT2D eigenvalue weighted by atomic mass is 16.2. The molecule has 0 aromatic carbocycles. The van der Waals surface area contributed by atoms with E-state index in [2.05, 4.69) is 15.1 Å². The summed E-state index contributed by atoms with van der Waals surface area (Å²) in [5, 5.41) is 4.23. The lowest BCUT2D eigenvalue weighted by Gasteiger charge is -2.27. The minimum Gasteiger partial charge on any atom is -0.349 e. The smallest absolute Gasteiger partial charge is 0.242 e. The van der Waals surface area contributed by atoms with Gasteiger partial charge in [-0.3, -0.25) is 14.5 Å². The van der Waals surface area contributed by atoms with Crippen LogP contribution in [0.1, 0.15) is 12.8 Å². The van der Waals surface area contributed by atoms with Crippen LogP contribution in [0.25, 0.3) is 0 Å². The fraction of sp³-hybridized carbons (Fsp3) is 0.467. The maximum atomic E-state index is 12.6. The second-order valence-electron chi connectivity index (χ2n) is 5.53. The Labute approximate surface area is 129 Å². The van der Waals surface area contributed by atoms with E-state index >= 15 is 0 Å². The Morgan fingerprint density at radius 2 is 2.32 bits per heavy atom. The molecule has 0 spiro atoms. The van der Waals surface area contributed by atoms with Gasteiger partial charge in [-0.2, -0.15) is 5.10 Å². The van der Waals surface area contributed by atoms with Gasteiger partial charge in [0.25, 0.3) is 0 Å². The molecule has 1 aliphatic heterocycles. The standard InChI is InChI=1S/C15H20N6O/c1-19(14-10-16-6-7-17-14)12-15(22)21-9-2-4-13(21)11-20-8-3-5-18-20/h3,5-8,10,13H,2,4,9,11-12H2,1H3. The predicted molar refractivity (Wildman–Crippen MR) is 82.3 cm³/mol. The van der Waals surface area contributed by atoms with Crippen molar-refractivity contribution in [2.75, 3.05) is 25.0 Å². The third-order valence-electron chi connectivity index (χ3n) is 3.97. The lowest BCUT2D eigenvalue weighted by molar-refractivity contribution is -0.130. The minimum absolute atomic E-state index is 0.128. The van der Waals surface area contributed by atoms with Crippen molar-refractivity contribution in [3.63, 3.8) is 0 Å². The predicted octanol–water partition coefficient (Wildman–Crippen LogP) is 0.800. The number of anilines is 1. The quantitative estimate of drug-likeness (QED) is 0.817. The number of hydrogen-bond acceptors (Lipinski definition) is 5. The zero-order valence-corrected chi connectivity index (χ0v) is 12.7. The summed E-state index contributed by atoms with van der Waals surface area (Å²) in [6.07, 6.45) is 10.7. The van der Waals surface area contributed by atoms with Crippen LogP contribution in [0.15, 0.2) is 37.1 Å². The molecule has 2 aromatic heterocycles. The van der Waals surface area contributed by atoms with Crippen LogP contribution in [0.3, 0.4) is 0 Å². The van der Waals surface area contributed by atoms with Crippen LogP contribution < -0.4 is 4.90 Å². The molecule has 2 aromatic rings. The number of carbonyl (C=O) groups excluding carboxylic acids is 1. The second kappa shape index (κ2) is 6.55. The second-order valence-corrected chi connectivity index (χ2v) is 5.53. The summed E-state index contributed by atoms with van der Waals surface area (Å²) >= 11 is 0. The van der Waals surface area contributed by atoms with Crippen LogP contribution in [0.2, 0.25) is 0 Å². The van der Waals surface area contributed by atoms with Crippen LogP contribution >= 0.6 is 0 Å². The number of aromatic nitrogens is 4. The van der Waals surface area contributed by atoms with E-state index in [9.17, 15) is 4.79 Å². The van der Waals surface area contributed by atoms with E-state index in [0.29, 0.717) is 12.4 Å². The molecule has 0 N–H and O–H groups in total. The maximum Gasteiger partial charge on any atom is 0.242 e. The molecule has 0 radical (unpaired) electrons. The molecule has 3 heterocycles. The molecule has 22 heavy (non-hydrogen) atoms. The topological polar surface area (TPSA) is 67.2 Å². The fourth-order valence-corrected chi connectivity index (χ4v) is 2.84. The van der Waals surface area contributed by atoms with Gasteiger partial charge in [-0.15, -0.1) is 0 Å². The van der Waals surface area contributed by atoms with Crippen molar-refractivity contribution in [3.8, 4) is 0 Å². The highest BCUT2D eigenvalue weighted by Crippen LogP contribution is 2.19. The lowest BCUT2D eigenvalue weighted by Crippen LogP contribution is -2.43. The van der Waals surface area contributed by atoms with Gasteiger partial charge in [-0.05, 0) is 18.9 Å². The molecule has 7 nitrogen and oxygen atoms in total. The van der Waals surface area contributed by atoms with Gasteiger partial charge in [0, 0.05) is 38.4 Å². The van der Waals surface area contributed by atoms with Crippen LogP contribution in [0.5, 0.6) is 0 Å². The minimum atomic E-state index is 0.128. The van der Waals surface area contributed by atoms with Crippen molar-refractivity contribution in [1.82, 2.24) is 24.6 Å². The van der Waals surface area contributed by atoms with Crippen LogP contribution in [-0.4, -0.2) is 56.7 Å². The largest absolute Gasteiger partial charge is 0.349 e. The monoisotopic (exact) mass is 300 g/mol. The van der Waals surface area contributed by atoms with Gasteiger partial charge in [0.1, 0.15) is 5.82 Å². The Kier molecular flexibility index (Phi) is 4.32. The van der Waals surface area contributed by atoms with Crippen molar-refractivity contribution >= 4 is 11.7 Å². The number of nitrogens with zero attached hydrogens (tertiary/aromatic N) is 6. The molecule has 1 amide bonds. The van der Waals surface area contributed by atoms with Crippen LogP contribution in [0.4, 0.5) is 5.82 Å². The molecule has 0 aliphatic carbocycles. The summed E-state index contributed by atoms with van der Waals surface area (Å²) in [6, 6.07) is 2.13. The van der Waals surface area contributed by atoms with E-state index in [1.54, 1.807) is 24.8 Å². The molecule has 0 saturated carbocycles. The van der Waals surface area contributed by atoms with Gasteiger partial charge in [0.2, 0.25) is 5.91 Å². The third-order valence-corrected chi connectivity index (χ3v) is 3.97. The van der Waals surface area contributed by atoms with Gasteiger partial charge in [-0.1, -0.05) is 0 Å². The van der Waals surface area contributed by atoms with Gasteiger partial charge in [0.15, 0.2) is 0 Å². The van der Waals surface area contributed by atoms with E-state index in [4.69, 9.17) is 0 Å². The zero-order chi connectivity index (χ0) is 15.4. The summed E-state index contributed by atoms with van der Waals surface area (Å²) in [5.41, 5.74) is 0. The molecule has 1 fully saturated rings. The van der Waals surface area contributed by atoms with Crippen LogP contribution in [0, 0.1) is 0 Å². The van der Waals surface area contributed by atoms with Gasteiger partial charge < -0.3 is 9.80 Å². The average Bonchev–Trinajstić information content (AvgIpc) is 3.20. The first-order valence-corrected chi connectivity index (χ1v) is 7.48. The summed E-state index contributed by atoms with van der Waals surface area (Å²) in [7, 11) is 1.86. The van der Waals surface area contributed by atoms with Crippen molar-refractivity contribution in [3.05, 3.63) is 37.1 Å². The van der Waals surface area contributed by atoms with Crippen LogP contribution in [-0.2, 0) is 11.3 Å². The maximum absolute atomic E-state index is 12.6. The highest BCUT2D eigenvalue weighted by Gasteiger charge is 2.29. The first-order valence-electron chi connectivity index (χ1n) is 7.48. The molecule has 3 rings (SSSR count). The summed E-state index contributed by atoms with van der Waals surface area (Å²) in [4.78, 5) is 24.6. The van der Waals surface area contributed by atoms with E-state index in [1.807, 2.05) is 33.8 Å². The lowest BCUT2D eigenvalue weighted by atomic mass is 10.2. The van der Waals surface area contributed by atoms with E-state index < -0.39 is 0 Å². The van der Waals surface area contributed by atoms with E-state index in [0.717, 1.165) is 25.9 Å². The van der Waals surface area contributed by atoms with E-state index in [-0.39, 0.29) is 11.9 Å². The molecule has 7 heteroatoms. The van der Waals surface area contributed by atoms with Crippen molar-refractivity contribution in [2.24, 2.45) is 0 Å². The van der Waals surface area contributed by atoms with Gasteiger partial charge in [0.05, 0.1) is 25.3 Å². The normalized spacial score (nSPS) is 17.7. The number of likely N-dealkylation sites (tertiary alicyclic amines) is 1. The third kappa shape index (κ3) is 3.24. The molecular weight excluding hydrogens is 280 g/mol. The molecule has 1 aliphatic rings. The number of amides is 1. The fourth-order valence-electron chi connectivity index (χ4n) is 2.84. The Morgan fingerprint density at radius 1 is 1.41 bits per heavy atom. The van der Waals surface area contributed by atoms with Crippen molar-refractivity contribution < 1.29 is 4.79 Å². The Bertz CT molecular complexity index is 600. The molecule has 1 unspecified atom stereocenters. The Morgan fingerprint density at radius 3 is 3.05 bits per heavy atom. The number of likely N-dealkylation sites (N-methyl/N-ethyl adjacent to an activating group) is 1. The van der Waals surface area contributed by atoms with Crippen molar-refractivity contribution in [1.29, 1.82) is 0 Å². The molecule has 1 atom stereocenters. The molecule has 1 saturated heterocycles. The molecule has 116 valence electrons. The first kappa shape index (κ1) is 14.5. The summed E-state index contributed by atoms with van der Waals surface area (Å²) in [5.74, 6) is 0.835. The number of hydrogen-bond donors (Lipinski definition) is 0. The average molecular weight is 300 g/mol. The summed E-state index contributed by atoms with van der Waals surface area (Å²) < 4.78 is 1.89. The Hall–Kier alpha value is -2.44. The SMILES string of the molecule is CN(CC(=O)N1CCCC1Cn1cccn1)c1cnccn1.